The molecule has 0 aliphatic heterocycles. The Labute approximate surface area is 106 Å². The number of anilines is 2. The molecule has 2 N–H and O–H groups in total. The highest BCUT2D eigenvalue weighted by Gasteiger charge is 2.09. The third-order valence-electron chi connectivity index (χ3n) is 2.25. The lowest BCUT2D eigenvalue weighted by atomic mass is 10.2. The summed E-state index contributed by atoms with van der Waals surface area (Å²) in [6, 6.07) is 1.66. The van der Waals surface area contributed by atoms with E-state index >= 15 is 0 Å². The molecular formula is C12H20F2N4. The zero-order valence-electron chi connectivity index (χ0n) is 11.0. The number of hydrogen-bond acceptors (Lipinski definition) is 4. The number of nitrogens with zero attached hydrogens (tertiary/aromatic N) is 2. The molecule has 0 saturated heterocycles. The SMILES string of the molecule is CCCNc1cc(NCC(F)F)nc(C(C)C)n1. The minimum atomic E-state index is -2.39. The van der Waals surface area contributed by atoms with Crippen LogP contribution in [-0.2, 0) is 0 Å². The van der Waals surface area contributed by atoms with Crippen LogP contribution in [-0.4, -0.2) is 29.5 Å². The van der Waals surface area contributed by atoms with Gasteiger partial charge in [-0.25, -0.2) is 18.7 Å². The second-order valence-electron chi connectivity index (χ2n) is 4.35. The van der Waals surface area contributed by atoms with Gasteiger partial charge in [-0.05, 0) is 6.42 Å². The van der Waals surface area contributed by atoms with Crippen LogP contribution in [0.4, 0.5) is 20.4 Å². The average molecular weight is 258 g/mol. The summed E-state index contributed by atoms with van der Waals surface area (Å²) in [7, 11) is 0. The lowest BCUT2D eigenvalue weighted by Crippen LogP contribution is -2.14. The maximum atomic E-state index is 12.2. The largest absolute Gasteiger partial charge is 0.370 e. The van der Waals surface area contributed by atoms with E-state index in [1.54, 1.807) is 6.07 Å². The van der Waals surface area contributed by atoms with Gasteiger partial charge in [0.25, 0.3) is 6.43 Å². The summed E-state index contributed by atoms with van der Waals surface area (Å²) in [4.78, 5) is 8.57. The Hall–Kier alpha value is -1.46. The first-order valence-electron chi connectivity index (χ1n) is 6.17. The first kappa shape index (κ1) is 14.6. The van der Waals surface area contributed by atoms with Crippen molar-refractivity contribution in [2.24, 2.45) is 0 Å². The van der Waals surface area contributed by atoms with E-state index in [1.165, 1.54) is 0 Å². The molecule has 0 atom stereocenters. The van der Waals surface area contributed by atoms with E-state index in [9.17, 15) is 8.78 Å². The number of hydrogen-bond donors (Lipinski definition) is 2. The van der Waals surface area contributed by atoms with Gasteiger partial charge in [0.15, 0.2) is 0 Å². The molecule has 1 aromatic rings. The van der Waals surface area contributed by atoms with E-state index in [-0.39, 0.29) is 5.92 Å². The fraction of sp³-hybridized carbons (Fsp3) is 0.667. The molecule has 0 spiro atoms. The minimum absolute atomic E-state index is 0.153. The van der Waals surface area contributed by atoms with E-state index in [1.807, 2.05) is 20.8 Å². The molecule has 0 saturated carbocycles. The van der Waals surface area contributed by atoms with Crippen molar-refractivity contribution in [1.29, 1.82) is 0 Å². The lowest BCUT2D eigenvalue weighted by molar-refractivity contribution is 0.163. The molecule has 0 bridgehead atoms. The summed E-state index contributed by atoms with van der Waals surface area (Å²) in [5, 5.41) is 5.75. The number of halogens is 2. The van der Waals surface area contributed by atoms with Crippen LogP contribution in [0.5, 0.6) is 0 Å². The van der Waals surface area contributed by atoms with Gasteiger partial charge in [0.05, 0.1) is 6.54 Å². The number of nitrogens with one attached hydrogen (secondary N) is 2. The molecular weight excluding hydrogens is 238 g/mol. The van der Waals surface area contributed by atoms with Gasteiger partial charge in [-0.15, -0.1) is 0 Å². The second-order valence-corrected chi connectivity index (χ2v) is 4.35. The normalized spacial score (nSPS) is 11.1. The van der Waals surface area contributed by atoms with Gasteiger partial charge in [0.2, 0.25) is 0 Å². The van der Waals surface area contributed by atoms with Gasteiger partial charge in [0, 0.05) is 18.5 Å². The van der Waals surface area contributed by atoms with Crippen LogP contribution in [0.3, 0.4) is 0 Å². The van der Waals surface area contributed by atoms with Crippen LogP contribution in [0.15, 0.2) is 6.07 Å². The van der Waals surface area contributed by atoms with E-state index in [4.69, 9.17) is 0 Å². The number of aromatic nitrogens is 2. The van der Waals surface area contributed by atoms with Crippen LogP contribution < -0.4 is 10.6 Å². The molecule has 0 aliphatic carbocycles. The van der Waals surface area contributed by atoms with E-state index in [0.717, 1.165) is 13.0 Å². The molecule has 1 aromatic heterocycles. The molecule has 0 aliphatic rings. The summed E-state index contributed by atoms with van der Waals surface area (Å²) >= 11 is 0. The van der Waals surface area contributed by atoms with Gasteiger partial charge in [-0.3, -0.25) is 0 Å². The minimum Gasteiger partial charge on any atom is -0.370 e. The zero-order valence-corrected chi connectivity index (χ0v) is 11.0. The Morgan fingerprint density at radius 3 is 2.28 bits per heavy atom. The third-order valence-corrected chi connectivity index (χ3v) is 2.25. The Morgan fingerprint density at radius 1 is 1.17 bits per heavy atom. The van der Waals surface area contributed by atoms with Gasteiger partial charge in [0.1, 0.15) is 17.5 Å². The lowest BCUT2D eigenvalue weighted by Gasteiger charge is -2.12. The Morgan fingerprint density at radius 2 is 1.78 bits per heavy atom. The van der Waals surface area contributed by atoms with Gasteiger partial charge in [-0.2, -0.15) is 0 Å². The van der Waals surface area contributed by atoms with Crippen molar-refractivity contribution < 1.29 is 8.78 Å². The van der Waals surface area contributed by atoms with Crippen molar-refractivity contribution in [3.63, 3.8) is 0 Å². The number of rotatable bonds is 7. The molecule has 0 radical (unpaired) electrons. The summed E-state index contributed by atoms with van der Waals surface area (Å²) in [6.07, 6.45) is -1.42. The monoisotopic (exact) mass is 258 g/mol. The topological polar surface area (TPSA) is 49.8 Å². The highest BCUT2D eigenvalue weighted by molar-refractivity contribution is 5.47. The van der Waals surface area contributed by atoms with Crippen LogP contribution in [0.2, 0.25) is 0 Å². The van der Waals surface area contributed by atoms with Crippen LogP contribution in [0.1, 0.15) is 38.9 Å². The zero-order chi connectivity index (χ0) is 13.5. The highest BCUT2D eigenvalue weighted by atomic mass is 19.3. The summed E-state index contributed by atoms with van der Waals surface area (Å²) in [5.74, 6) is 1.91. The summed E-state index contributed by atoms with van der Waals surface area (Å²) in [5.41, 5.74) is 0. The molecule has 4 nitrogen and oxygen atoms in total. The quantitative estimate of drug-likeness (QED) is 0.789. The Kier molecular flexibility index (Phi) is 5.74. The maximum absolute atomic E-state index is 12.2. The number of alkyl halides is 2. The molecule has 1 rings (SSSR count). The van der Waals surface area contributed by atoms with Crippen molar-refractivity contribution >= 4 is 11.6 Å². The molecule has 1 heterocycles. The smallest absolute Gasteiger partial charge is 0.255 e. The predicted molar refractivity (Wildman–Crippen MR) is 69.4 cm³/mol. The molecule has 0 aromatic carbocycles. The standard InChI is InChI=1S/C12H20F2N4/c1-4-5-15-10-6-11(16-7-9(13)14)18-12(17-10)8(2)3/h6,8-9H,4-5,7H2,1-3H3,(H2,15,16,17,18). The summed E-state index contributed by atoms with van der Waals surface area (Å²) < 4.78 is 24.3. The first-order chi connectivity index (χ1) is 8.52. The molecule has 0 unspecified atom stereocenters. The van der Waals surface area contributed by atoms with Gasteiger partial charge < -0.3 is 10.6 Å². The van der Waals surface area contributed by atoms with Crippen molar-refractivity contribution in [3.05, 3.63) is 11.9 Å². The van der Waals surface area contributed by atoms with Crippen LogP contribution >= 0.6 is 0 Å². The fourth-order valence-electron chi connectivity index (χ4n) is 1.34. The van der Waals surface area contributed by atoms with Gasteiger partial charge >= 0.3 is 0 Å². The van der Waals surface area contributed by atoms with Crippen LogP contribution in [0.25, 0.3) is 0 Å². The third kappa shape index (κ3) is 4.81. The predicted octanol–water partition coefficient (Wildman–Crippen LogP) is 3.10. The van der Waals surface area contributed by atoms with E-state index in [0.29, 0.717) is 17.5 Å². The van der Waals surface area contributed by atoms with Crippen molar-refractivity contribution in [1.82, 2.24) is 9.97 Å². The fourth-order valence-corrected chi connectivity index (χ4v) is 1.34. The van der Waals surface area contributed by atoms with Crippen LogP contribution in [0, 0.1) is 0 Å². The van der Waals surface area contributed by atoms with Crippen molar-refractivity contribution in [3.8, 4) is 0 Å². The molecule has 6 heteroatoms. The van der Waals surface area contributed by atoms with Gasteiger partial charge in [-0.1, -0.05) is 20.8 Å². The molecule has 18 heavy (non-hydrogen) atoms. The molecule has 0 amide bonds. The van der Waals surface area contributed by atoms with E-state index < -0.39 is 13.0 Å². The first-order valence-corrected chi connectivity index (χ1v) is 6.17. The average Bonchev–Trinajstić information content (AvgIpc) is 2.33. The maximum Gasteiger partial charge on any atom is 0.255 e. The van der Waals surface area contributed by atoms with Crippen molar-refractivity contribution in [2.45, 2.75) is 39.5 Å². The molecule has 102 valence electrons. The second kappa shape index (κ2) is 7.08. The Balaban J connectivity index is 2.83. The summed E-state index contributed by atoms with van der Waals surface area (Å²) in [6.45, 7) is 6.38. The van der Waals surface area contributed by atoms with E-state index in [2.05, 4.69) is 20.6 Å². The Bertz CT molecular complexity index is 369. The molecule has 0 fully saturated rings. The van der Waals surface area contributed by atoms with Crippen molar-refractivity contribution in [2.75, 3.05) is 23.7 Å². The highest BCUT2D eigenvalue weighted by Crippen LogP contribution is 2.17.